The van der Waals surface area contributed by atoms with E-state index in [9.17, 15) is 9.18 Å². The summed E-state index contributed by atoms with van der Waals surface area (Å²) < 4.78 is 13.6. The summed E-state index contributed by atoms with van der Waals surface area (Å²) in [6, 6.07) is 9.25. The second-order valence-electron chi connectivity index (χ2n) is 5.09. The summed E-state index contributed by atoms with van der Waals surface area (Å²) >= 11 is 0. The number of anilines is 2. The van der Waals surface area contributed by atoms with Gasteiger partial charge in [0.2, 0.25) is 0 Å². The summed E-state index contributed by atoms with van der Waals surface area (Å²) in [7, 11) is 0. The number of halogens is 1. The van der Waals surface area contributed by atoms with Crippen LogP contribution >= 0.6 is 0 Å². The minimum atomic E-state index is -0.324. The molecule has 21 heavy (non-hydrogen) atoms. The first-order chi connectivity index (χ1) is 9.86. The van der Waals surface area contributed by atoms with Crippen LogP contribution in [-0.4, -0.2) is 5.91 Å². The summed E-state index contributed by atoms with van der Waals surface area (Å²) in [6.45, 7) is 3.48. The van der Waals surface area contributed by atoms with Crippen molar-refractivity contribution in [3.05, 3.63) is 58.9 Å². The van der Waals surface area contributed by atoms with Gasteiger partial charge in [0.15, 0.2) is 0 Å². The van der Waals surface area contributed by atoms with E-state index in [4.69, 9.17) is 11.5 Å². The molecule has 0 radical (unpaired) electrons. The Morgan fingerprint density at radius 3 is 2.33 bits per heavy atom. The number of hydrogen-bond acceptors (Lipinski definition) is 3. The molecule has 0 spiro atoms. The van der Waals surface area contributed by atoms with Gasteiger partial charge in [0, 0.05) is 16.9 Å². The van der Waals surface area contributed by atoms with Gasteiger partial charge < -0.3 is 16.8 Å². The molecule has 5 N–H and O–H groups in total. The standard InChI is InChI=1S/C16H18FN3O/c1-9-3-4-11(7-15(9)17)10(2)20-16(21)12-5-13(18)8-14(19)6-12/h3-8,10H,18-19H2,1-2H3,(H,20,21). The molecule has 1 unspecified atom stereocenters. The zero-order valence-electron chi connectivity index (χ0n) is 12.0. The summed E-state index contributed by atoms with van der Waals surface area (Å²) in [5, 5.41) is 2.80. The van der Waals surface area contributed by atoms with E-state index in [0.717, 1.165) is 0 Å². The predicted octanol–water partition coefficient (Wildman–Crippen LogP) is 2.79. The van der Waals surface area contributed by atoms with Crippen LogP contribution in [0.1, 0.15) is 34.5 Å². The number of carbonyl (C=O) groups is 1. The van der Waals surface area contributed by atoms with E-state index >= 15 is 0 Å². The van der Waals surface area contributed by atoms with Crippen molar-refractivity contribution in [2.75, 3.05) is 11.5 Å². The molecule has 0 aliphatic carbocycles. The second-order valence-corrected chi connectivity index (χ2v) is 5.09. The van der Waals surface area contributed by atoms with Gasteiger partial charge in [-0.1, -0.05) is 12.1 Å². The molecule has 4 nitrogen and oxygen atoms in total. The molecule has 5 heteroatoms. The van der Waals surface area contributed by atoms with Gasteiger partial charge in [0.1, 0.15) is 5.82 Å². The molecule has 0 bridgehead atoms. The summed E-state index contributed by atoms with van der Waals surface area (Å²) in [5.74, 6) is -0.593. The molecule has 2 rings (SSSR count). The van der Waals surface area contributed by atoms with Crippen molar-refractivity contribution in [3.8, 4) is 0 Å². The molecule has 0 heterocycles. The molecule has 0 saturated heterocycles. The van der Waals surface area contributed by atoms with Gasteiger partial charge in [-0.3, -0.25) is 4.79 Å². The smallest absolute Gasteiger partial charge is 0.251 e. The van der Waals surface area contributed by atoms with Gasteiger partial charge in [-0.25, -0.2) is 4.39 Å². The predicted molar refractivity (Wildman–Crippen MR) is 82.3 cm³/mol. The number of aryl methyl sites for hydroxylation is 1. The highest BCUT2D eigenvalue weighted by molar-refractivity contribution is 5.96. The maximum absolute atomic E-state index is 13.6. The van der Waals surface area contributed by atoms with Crippen LogP contribution < -0.4 is 16.8 Å². The molecule has 2 aromatic carbocycles. The lowest BCUT2D eigenvalue weighted by Gasteiger charge is -2.15. The first-order valence-electron chi connectivity index (χ1n) is 6.60. The first-order valence-corrected chi connectivity index (χ1v) is 6.60. The number of hydrogen-bond donors (Lipinski definition) is 3. The maximum atomic E-state index is 13.6. The van der Waals surface area contributed by atoms with Crippen molar-refractivity contribution in [2.24, 2.45) is 0 Å². The van der Waals surface area contributed by atoms with Gasteiger partial charge in [-0.15, -0.1) is 0 Å². The molecule has 110 valence electrons. The van der Waals surface area contributed by atoms with E-state index in [1.807, 2.05) is 0 Å². The number of nitrogens with two attached hydrogens (primary N) is 2. The van der Waals surface area contributed by atoms with Crippen LogP contribution in [0.15, 0.2) is 36.4 Å². The Kier molecular flexibility index (Phi) is 4.12. The van der Waals surface area contributed by atoms with E-state index in [2.05, 4.69) is 5.32 Å². The lowest BCUT2D eigenvalue weighted by molar-refractivity contribution is 0.0940. The fourth-order valence-electron chi connectivity index (χ4n) is 2.05. The topological polar surface area (TPSA) is 81.1 Å². The molecule has 0 aliphatic heterocycles. The van der Waals surface area contributed by atoms with Gasteiger partial charge in [0.05, 0.1) is 6.04 Å². The molecule has 1 atom stereocenters. The number of benzene rings is 2. The third kappa shape index (κ3) is 3.51. The highest BCUT2D eigenvalue weighted by atomic mass is 19.1. The van der Waals surface area contributed by atoms with Crippen LogP contribution in [0, 0.1) is 12.7 Å². The van der Waals surface area contributed by atoms with Gasteiger partial charge in [-0.2, -0.15) is 0 Å². The Morgan fingerprint density at radius 1 is 1.14 bits per heavy atom. The Bertz CT molecular complexity index is 665. The molecule has 0 fully saturated rings. The normalized spacial score (nSPS) is 12.0. The van der Waals surface area contributed by atoms with E-state index in [-0.39, 0.29) is 17.8 Å². The Morgan fingerprint density at radius 2 is 1.76 bits per heavy atom. The molecule has 0 aliphatic rings. The van der Waals surface area contributed by atoms with Crippen LogP contribution in [-0.2, 0) is 0 Å². The first kappa shape index (κ1) is 14.8. The van der Waals surface area contributed by atoms with Gasteiger partial charge in [-0.05, 0) is 49.2 Å². The molecule has 0 aromatic heterocycles. The monoisotopic (exact) mass is 287 g/mol. The van der Waals surface area contributed by atoms with E-state index in [1.54, 1.807) is 44.2 Å². The van der Waals surface area contributed by atoms with Gasteiger partial charge in [0.25, 0.3) is 5.91 Å². The molecular formula is C16H18FN3O. The van der Waals surface area contributed by atoms with Crippen molar-refractivity contribution in [1.82, 2.24) is 5.32 Å². The van der Waals surface area contributed by atoms with Crippen LogP contribution in [0.3, 0.4) is 0 Å². The van der Waals surface area contributed by atoms with Crippen molar-refractivity contribution < 1.29 is 9.18 Å². The molecule has 0 saturated carbocycles. The average molecular weight is 287 g/mol. The number of carbonyl (C=O) groups excluding carboxylic acids is 1. The van der Waals surface area contributed by atoms with Crippen molar-refractivity contribution in [1.29, 1.82) is 0 Å². The SMILES string of the molecule is Cc1ccc(C(C)NC(=O)c2cc(N)cc(N)c2)cc1F. The Labute approximate surface area is 123 Å². The number of nitrogens with one attached hydrogen (secondary N) is 1. The zero-order chi connectivity index (χ0) is 15.6. The van der Waals surface area contributed by atoms with E-state index < -0.39 is 0 Å². The fraction of sp³-hybridized carbons (Fsp3) is 0.188. The summed E-state index contributed by atoms with van der Waals surface area (Å²) in [6.07, 6.45) is 0. The summed E-state index contributed by atoms with van der Waals surface area (Å²) in [5.41, 5.74) is 13.8. The fourth-order valence-corrected chi connectivity index (χ4v) is 2.05. The highest BCUT2D eigenvalue weighted by Crippen LogP contribution is 2.18. The van der Waals surface area contributed by atoms with Crippen molar-refractivity contribution in [3.63, 3.8) is 0 Å². The maximum Gasteiger partial charge on any atom is 0.251 e. The highest BCUT2D eigenvalue weighted by Gasteiger charge is 2.13. The van der Waals surface area contributed by atoms with Crippen LogP contribution in [0.4, 0.5) is 15.8 Å². The van der Waals surface area contributed by atoms with Crippen LogP contribution in [0.2, 0.25) is 0 Å². The van der Waals surface area contributed by atoms with E-state index in [1.165, 1.54) is 6.07 Å². The molecular weight excluding hydrogens is 269 g/mol. The Balaban J connectivity index is 2.16. The third-order valence-corrected chi connectivity index (χ3v) is 3.28. The average Bonchev–Trinajstić information content (AvgIpc) is 2.40. The number of rotatable bonds is 3. The largest absolute Gasteiger partial charge is 0.399 e. The van der Waals surface area contributed by atoms with Crippen LogP contribution in [0.25, 0.3) is 0 Å². The van der Waals surface area contributed by atoms with Crippen molar-refractivity contribution >= 4 is 17.3 Å². The van der Waals surface area contributed by atoms with E-state index in [0.29, 0.717) is 28.1 Å². The van der Waals surface area contributed by atoms with Crippen LogP contribution in [0.5, 0.6) is 0 Å². The van der Waals surface area contributed by atoms with Gasteiger partial charge >= 0.3 is 0 Å². The molecule has 1 amide bonds. The lowest BCUT2D eigenvalue weighted by atomic mass is 10.1. The quantitative estimate of drug-likeness (QED) is 0.759. The van der Waals surface area contributed by atoms with Crippen molar-refractivity contribution in [2.45, 2.75) is 19.9 Å². The minimum Gasteiger partial charge on any atom is -0.399 e. The Hall–Kier alpha value is -2.56. The summed E-state index contributed by atoms with van der Waals surface area (Å²) in [4.78, 5) is 12.2. The number of nitrogen functional groups attached to an aromatic ring is 2. The minimum absolute atomic E-state index is 0.290. The zero-order valence-corrected chi connectivity index (χ0v) is 12.0. The second kappa shape index (κ2) is 5.83. The molecule has 2 aromatic rings. The number of amides is 1. The lowest BCUT2D eigenvalue weighted by Crippen LogP contribution is -2.27. The third-order valence-electron chi connectivity index (χ3n) is 3.28.